The maximum atomic E-state index is 5.16. The molecule has 1 N–H and O–H groups in total. The van der Waals surface area contributed by atoms with Gasteiger partial charge in [0, 0.05) is 19.2 Å². The summed E-state index contributed by atoms with van der Waals surface area (Å²) in [5.74, 6) is 0. The predicted octanol–water partition coefficient (Wildman–Crippen LogP) is 2.58. The zero-order chi connectivity index (χ0) is 10.1. The summed E-state index contributed by atoms with van der Waals surface area (Å²) >= 11 is 0. The Morgan fingerprint density at radius 1 is 1.08 bits per heavy atom. The lowest BCUT2D eigenvalue weighted by atomic mass is 10.1. The van der Waals surface area contributed by atoms with Gasteiger partial charge < -0.3 is 10.1 Å². The fourth-order valence-electron chi connectivity index (χ4n) is 1.57. The van der Waals surface area contributed by atoms with Gasteiger partial charge in [-0.15, -0.1) is 0 Å². The minimum Gasteiger partial charge on any atom is -0.383 e. The number of methoxy groups -OCH3 is 1. The zero-order valence-electron chi connectivity index (χ0n) is 9.60. The van der Waals surface area contributed by atoms with E-state index in [0.717, 1.165) is 13.0 Å². The number of nitrogens with one attached hydrogen (secondary N) is 1. The average Bonchev–Trinajstić information content (AvgIpc) is 2.16. The highest BCUT2D eigenvalue weighted by Crippen LogP contribution is 2.04. The van der Waals surface area contributed by atoms with E-state index in [9.17, 15) is 0 Å². The molecule has 0 aliphatic heterocycles. The van der Waals surface area contributed by atoms with Gasteiger partial charge in [-0.1, -0.05) is 27.2 Å². The van der Waals surface area contributed by atoms with Gasteiger partial charge in [0.1, 0.15) is 0 Å². The van der Waals surface area contributed by atoms with Crippen molar-refractivity contribution in [2.75, 3.05) is 13.7 Å². The van der Waals surface area contributed by atoms with Crippen molar-refractivity contribution >= 4 is 0 Å². The van der Waals surface area contributed by atoms with Crippen molar-refractivity contribution in [1.82, 2.24) is 5.32 Å². The first-order valence-electron chi connectivity index (χ1n) is 5.53. The van der Waals surface area contributed by atoms with Gasteiger partial charge in [-0.25, -0.2) is 0 Å². The maximum Gasteiger partial charge on any atom is 0.0615 e. The van der Waals surface area contributed by atoms with Crippen LogP contribution in [-0.2, 0) is 4.74 Å². The van der Waals surface area contributed by atoms with Crippen molar-refractivity contribution in [2.24, 2.45) is 0 Å². The van der Waals surface area contributed by atoms with Gasteiger partial charge in [0.2, 0.25) is 0 Å². The Morgan fingerprint density at radius 2 is 1.69 bits per heavy atom. The summed E-state index contributed by atoms with van der Waals surface area (Å²) in [5, 5.41) is 3.63. The Balaban J connectivity index is 3.73. The first kappa shape index (κ1) is 12.9. The number of ether oxygens (including phenoxy) is 1. The van der Waals surface area contributed by atoms with E-state index in [2.05, 4.69) is 26.1 Å². The van der Waals surface area contributed by atoms with Crippen LogP contribution >= 0.6 is 0 Å². The largest absolute Gasteiger partial charge is 0.383 e. The molecule has 0 saturated heterocycles. The highest BCUT2D eigenvalue weighted by Gasteiger charge is 2.10. The molecule has 0 aromatic heterocycles. The van der Waals surface area contributed by atoms with Gasteiger partial charge in [0.15, 0.2) is 0 Å². The molecule has 0 aromatic carbocycles. The Bertz CT molecular complexity index is 94.3. The van der Waals surface area contributed by atoms with Gasteiger partial charge in [0.25, 0.3) is 0 Å². The van der Waals surface area contributed by atoms with Gasteiger partial charge in [-0.3, -0.25) is 0 Å². The quantitative estimate of drug-likeness (QED) is 0.630. The van der Waals surface area contributed by atoms with Crippen LogP contribution in [0, 0.1) is 0 Å². The Morgan fingerprint density at radius 3 is 2.08 bits per heavy atom. The topological polar surface area (TPSA) is 21.3 Å². The first-order valence-corrected chi connectivity index (χ1v) is 5.53. The minimum atomic E-state index is 0.529. The third kappa shape index (κ3) is 6.05. The molecule has 0 heterocycles. The normalized spacial score (nSPS) is 15.7. The molecule has 2 nitrogen and oxygen atoms in total. The van der Waals surface area contributed by atoms with E-state index in [0.29, 0.717) is 12.1 Å². The summed E-state index contributed by atoms with van der Waals surface area (Å²) < 4.78 is 5.16. The Hall–Kier alpha value is -0.0800. The fourth-order valence-corrected chi connectivity index (χ4v) is 1.57. The van der Waals surface area contributed by atoms with Crippen LogP contribution in [0.25, 0.3) is 0 Å². The molecule has 0 saturated carbocycles. The molecule has 0 fully saturated rings. The van der Waals surface area contributed by atoms with Crippen molar-refractivity contribution in [3.63, 3.8) is 0 Å². The van der Waals surface area contributed by atoms with Crippen LogP contribution < -0.4 is 5.32 Å². The maximum absolute atomic E-state index is 5.16. The summed E-state index contributed by atoms with van der Waals surface area (Å²) in [6.07, 6.45) is 4.90. The van der Waals surface area contributed by atoms with Crippen LogP contribution in [-0.4, -0.2) is 25.8 Å². The molecular weight excluding hydrogens is 162 g/mol. The number of rotatable bonds is 8. The summed E-state index contributed by atoms with van der Waals surface area (Å²) in [4.78, 5) is 0. The summed E-state index contributed by atoms with van der Waals surface area (Å²) in [6, 6.07) is 1.20. The van der Waals surface area contributed by atoms with Crippen LogP contribution in [0.2, 0.25) is 0 Å². The van der Waals surface area contributed by atoms with E-state index in [4.69, 9.17) is 4.74 Å². The molecule has 0 aromatic rings. The van der Waals surface area contributed by atoms with E-state index in [1.165, 1.54) is 19.3 Å². The minimum absolute atomic E-state index is 0.529. The summed E-state index contributed by atoms with van der Waals surface area (Å²) in [7, 11) is 1.77. The van der Waals surface area contributed by atoms with Gasteiger partial charge >= 0.3 is 0 Å². The standard InChI is InChI=1S/C11H25NO/c1-5-8-10(6-2)12-11(7-3)9-13-4/h10-12H,5-9H2,1-4H3. The van der Waals surface area contributed by atoms with E-state index in [-0.39, 0.29) is 0 Å². The third-order valence-electron chi connectivity index (χ3n) is 2.46. The van der Waals surface area contributed by atoms with Crippen molar-refractivity contribution in [1.29, 1.82) is 0 Å². The van der Waals surface area contributed by atoms with Crippen LogP contribution in [0.15, 0.2) is 0 Å². The molecule has 13 heavy (non-hydrogen) atoms. The second kappa shape index (κ2) is 8.52. The molecule has 2 unspecified atom stereocenters. The highest BCUT2D eigenvalue weighted by molar-refractivity contribution is 4.71. The number of hydrogen-bond acceptors (Lipinski definition) is 2. The molecule has 0 radical (unpaired) electrons. The molecule has 2 atom stereocenters. The Kier molecular flexibility index (Phi) is 8.46. The molecule has 0 aliphatic carbocycles. The summed E-state index contributed by atoms with van der Waals surface area (Å²) in [6.45, 7) is 7.51. The first-order chi connectivity index (χ1) is 6.28. The Labute approximate surface area is 83.1 Å². The second-order valence-electron chi connectivity index (χ2n) is 3.62. The molecule has 0 bridgehead atoms. The molecule has 0 rings (SSSR count). The monoisotopic (exact) mass is 187 g/mol. The average molecular weight is 187 g/mol. The molecule has 0 amide bonds. The lowest BCUT2D eigenvalue weighted by Crippen LogP contribution is -2.40. The molecule has 2 heteroatoms. The summed E-state index contributed by atoms with van der Waals surface area (Å²) in [5.41, 5.74) is 0. The van der Waals surface area contributed by atoms with E-state index in [1.54, 1.807) is 7.11 Å². The SMILES string of the molecule is CCCC(CC)NC(CC)COC. The smallest absolute Gasteiger partial charge is 0.0615 e. The van der Waals surface area contributed by atoms with Crippen LogP contribution in [0.4, 0.5) is 0 Å². The lowest BCUT2D eigenvalue weighted by Gasteiger charge is -2.23. The van der Waals surface area contributed by atoms with Crippen LogP contribution in [0.1, 0.15) is 46.5 Å². The third-order valence-corrected chi connectivity index (χ3v) is 2.46. The van der Waals surface area contributed by atoms with Crippen LogP contribution in [0.5, 0.6) is 0 Å². The molecular formula is C11H25NO. The zero-order valence-corrected chi connectivity index (χ0v) is 9.60. The molecule has 0 aliphatic rings. The van der Waals surface area contributed by atoms with E-state index in [1.807, 2.05) is 0 Å². The van der Waals surface area contributed by atoms with Crippen molar-refractivity contribution in [2.45, 2.75) is 58.5 Å². The molecule has 0 spiro atoms. The van der Waals surface area contributed by atoms with Crippen molar-refractivity contribution < 1.29 is 4.74 Å². The van der Waals surface area contributed by atoms with Gasteiger partial charge in [0.05, 0.1) is 6.61 Å². The molecule has 80 valence electrons. The van der Waals surface area contributed by atoms with Crippen LogP contribution in [0.3, 0.4) is 0 Å². The van der Waals surface area contributed by atoms with Gasteiger partial charge in [-0.05, 0) is 19.3 Å². The van der Waals surface area contributed by atoms with Crippen molar-refractivity contribution in [3.05, 3.63) is 0 Å². The van der Waals surface area contributed by atoms with Gasteiger partial charge in [-0.2, -0.15) is 0 Å². The lowest BCUT2D eigenvalue weighted by molar-refractivity contribution is 0.156. The van der Waals surface area contributed by atoms with Crippen molar-refractivity contribution in [3.8, 4) is 0 Å². The van der Waals surface area contributed by atoms with E-state index >= 15 is 0 Å². The van der Waals surface area contributed by atoms with E-state index < -0.39 is 0 Å². The second-order valence-corrected chi connectivity index (χ2v) is 3.62. The predicted molar refractivity (Wildman–Crippen MR) is 58.1 cm³/mol. The number of hydrogen-bond donors (Lipinski definition) is 1. The highest BCUT2D eigenvalue weighted by atomic mass is 16.5. The fraction of sp³-hybridized carbons (Fsp3) is 1.00.